The summed E-state index contributed by atoms with van der Waals surface area (Å²) in [5, 5.41) is 25.5. The fourth-order valence-corrected chi connectivity index (χ4v) is 10.8. The van der Waals surface area contributed by atoms with Gasteiger partial charge in [0, 0.05) is 37.3 Å². The van der Waals surface area contributed by atoms with E-state index in [1.165, 1.54) is 36.4 Å². The fourth-order valence-electron chi connectivity index (χ4n) is 10.8. The fraction of sp³-hybridized carbons (Fsp3) is 0.333. The van der Waals surface area contributed by atoms with E-state index in [2.05, 4.69) is 20.2 Å². The molecule has 10 rings (SSSR count). The van der Waals surface area contributed by atoms with Crippen LogP contribution in [0.15, 0.2) is 134 Å². The normalized spacial score (nSPS) is 15.9. The van der Waals surface area contributed by atoms with Crippen LogP contribution in [0.5, 0.6) is 11.5 Å². The van der Waals surface area contributed by atoms with Crippen molar-refractivity contribution in [1.82, 2.24) is 39.3 Å². The number of benzene rings is 4. The minimum atomic E-state index is -5.15. The maximum absolute atomic E-state index is 14.1. The Morgan fingerprint density at radius 1 is 0.463 bits per heavy atom. The molecule has 14 nitrogen and oxygen atoms in total. The largest absolute Gasteiger partial charge is 0.488 e. The quantitative estimate of drug-likeness (QED) is 0.0784. The second-order valence-corrected chi connectivity index (χ2v) is 21.7. The number of para-hydroxylation sites is 2. The molecule has 0 amide bonds. The number of halogens is 18. The number of carboxylic acid groups (broad SMARTS) is 2. The summed E-state index contributed by atoms with van der Waals surface area (Å²) in [6.45, 7) is 1.05. The molecule has 0 saturated carbocycles. The summed E-state index contributed by atoms with van der Waals surface area (Å²) in [6.07, 6.45) is -28.0. The number of hydrogen-bond donors (Lipinski definition) is 2. The predicted octanol–water partition coefficient (Wildman–Crippen LogP) is 16.6. The molecule has 95 heavy (non-hydrogen) atoms. The zero-order valence-electron chi connectivity index (χ0n) is 48.3. The summed E-state index contributed by atoms with van der Waals surface area (Å²) in [4.78, 5) is 34.4. The number of rotatable bonds is 18. The first-order chi connectivity index (χ1) is 44.0. The Morgan fingerprint density at radius 2 is 0.811 bits per heavy atom. The van der Waals surface area contributed by atoms with E-state index in [0.717, 1.165) is 47.5 Å². The highest BCUT2D eigenvalue weighted by atomic mass is 19.4. The first kappa shape index (κ1) is 71.6. The molecule has 6 heterocycles. The summed E-state index contributed by atoms with van der Waals surface area (Å²) < 4.78 is 255. The number of carbonyl (C=O) groups is 2. The van der Waals surface area contributed by atoms with Crippen LogP contribution in [0.4, 0.5) is 79.0 Å². The lowest BCUT2D eigenvalue weighted by Gasteiger charge is -2.19. The van der Waals surface area contributed by atoms with Gasteiger partial charge in [0.2, 0.25) is 0 Å². The SMILES string of the molecule is C.O=C(O)c1cnn(-c2cccc(-c3cccc(C(F)(F)F)c3OCc3ccc(C4CCN(CCC(F)(F)F)C4)cc3)n2)c1C(F)(F)F.O=C(O)c1cnn(-c2cccc(-c3cccc(C(F)(F)F)c3OCc3ccc(C4CCN(CCC(F)(F)F)C4)cc3)n2)c1C(F)(F)F. The number of hydrogen-bond acceptors (Lipinski definition) is 10. The van der Waals surface area contributed by atoms with Crippen molar-refractivity contribution < 1.29 is 108 Å². The van der Waals surface area contributed by atoms with Gasteiger partial charge in [-0.15, -0.1) is 0 Å². The minimum absolute atomic E-state index is 0. The van der Waals surface area contributed by atoms with Crippen molar-refractivity contribution in [3.8, 4) is 45.6 Å². The lowest BCUT2D eigenvalue weighted by atomic mass is 9.97. The van der Waals surface area contributed by atoms with E-state index in [-0.39, 0.29) is 77.4 Å². The molecule has 2 unspecified atom stereocenters. The van der Waals surface area contributed by atoms with Crippen LogP contribution >= 0.6 is 0 Å². The van der Waals surface area contributed by atoms with Crippen LogP contribution in [-0.4, -0.2) is 113 Å². The van der Waals surface area contributed by atoms with Crippen molar-refractivity contribution in [3.63, 3.8) is 0 Å². The van der Waals surface area contributed by atoms with E-state index in [0.29, 0.717) is 62.5 Å². The number of pyridine rings is 2. The minimum Gasteiger partial charge on any atom is -0.488 e. The van der Waals surface area contributed by atoms with E-state index in [9.17, 15) is 98.8 Å². The standard InChI is InChI=1S/2C31H25F9N4O3.CH4/c2*32-29(33,34)12-14-43-13-11-20(16-43)19-9-7-18(8-10-19)17-47-26-21(3-1-4-23(26)30(35,36)37)24-5-2-6-25(42-24)44-27(31(38,39)40)22(15-41-44)28(45)46;/h2*1-10,15,20H,11-14,16-17H2,(H,45,46);1H4. The van der Waals surface area contributed by atoms with Gasteiger partial charge in [-0.25, -0.2) is 28.9 Å². The Labute approximate surface area is 528 Å². The van der Waals surface area contributed by atoms with Crippen molar-refractivity contribution in [2.45, 2.75) is 95.2 Å². The van der Waals surface area contributed by atoms with Crippen LogP contribution in [0.2, 0.25) is 0 Å². The van der Waals surface area contributed by atoms with E-state index < -0.39 is 119 Å². The average molecular weight is 1360 g/mol. The molecule has 2 aliphatic rings. The second-order valence-electron chi connectivity index (χ2n) is 21.7. The molecule has 4 aromatic heterocycles. The third-order valence-corrected chi connectivity index (χ3v) is 15.3. The lowest BCUT2D eigenvalue weighted by Crippen LogP contribution is -2.26. The molecule has 0 bridgehead atoms. The second kappa shape index (κ2) is 28.4. The lowest BCUT2D eigenvalue weighted by molar-refractivity contribution is -0.144. The molecule has 2 aliphatic heterocycles. The van der Waals surface area contributed by atoms with Gasteiger partial charge in [0.05, 0.1) is 47.8 Å². The maximum Gasteiger partial charge on any atom is 0.434 e. The van der Waals surface area contributed by atoms with Crippen molar-refractivity contribution in [2.75, 3.05) is 39.3 Å². The molecule has 32 heteroatoms. The summed E-state index contributed by atoms with van der Waals surface area (Å²) in [7, 11) is 0. The zero-order valence-corrected chi connectivity index (χ0v) is 48.3. The van der Waals surface area contributed by atoms with E-state index in [1.54, 1.807) is 58.3 Å². The number of aromatic nitrogens is 6. The Hall–Kier alpha value is -9.20. The molecule has 2 fully saturated rings. The third kappa shape index (κ3) is 17.8. The molecular formula is C63H54F18N8O6. The van der Waals surface area contributed by atoms with Gasteiger partial charge in [0.15, 0.2) is 23.0 Å². The molecule has 2 N–H and O–H groups in total. The molecule has 0 aliphatic carbocycles. The highest BCUT2D eigenvalue weighted by Crippen LogP contribution is 2.45. The topological polar surface area (TPSA) is 161 Å². The summed E-state index contributed by atoms with van der Waals surface area (Å²) >= 11 is 0. The molecule has 0 spiro atoms. The first-order valence-corrected chi connectivity index (χ1v) is 28.2. The van der Waals surface area contributed by atoms with Crippen LogP contribution in [0.1, 0.15) is 110 Å². The van der Waals surface area contributed by atoms with Gasteiger partial charge < -0.3 is 29.5 Å². The van der Waals surface area contributed by atoms with Gasteiger partial charge in [-0.05, 0) is 109 Å². The van der Waals surface area contributed by atoms with Gasteiger partial charge in [-0.1, -0.05) is 80.2 Å². The molecule has 4 aromatic carbocycles. The van der Waals surface area contributed by atoms with Crippen molar-refractivity contribution in [3.05, 3.63) is 190 Å². The molecule has 8 aromatic rings. The van der Waals surface area contributed by atoms with Gasteiger partial charge >= 0.3 is 49.0 Å². The van der Waals surface area contributed by atoms with Gasteiger partial charge in [0.1, 0.15) is 35.8 Å². The summed E-state index contributed by atoms with van der Waals surface area (Å²) in [5.74, 6) is -6.03. The van der Waals surface area contributed by atoms with E-state index in [1.807, 2.05) is 0 Å². The van der Waals surface area contributed by atoms with Gasteiger partial charge in [-0.3, -0.25) is 0 Å². The third-order valence-electron chi connectivity index (χ3n) is 15.3. The van der Waals surface area contributed by atoms with E-state index in [4.69, 9.17) is 9.47 Å². The van der Waals surface area contributed by atoms with Crippen LogP contribution in [0.25, 0.3) is 34.2 Å². The number of aromatic carboxylic acids is 2. The van der Waals surface area contributed by atoms with Crippen LogP contribution < -0.4 is 9.47 Å². The first-order valence-electron chi connectivity index (χ1n) is 28.2. The monoisotopic (exact) mass is 1360 g/mol. The van der Waals surface area contributed by atoms with Gasteiger partial charge in [0.25, 0.3) is 0 Å². The highest BCUT2D eigenvalue weighted by Gasteiger charge is 2.44. The van der Waals surface area contributed by atoms with Crippen LogP contribution in [-0.2, 0) is 37.9 Å². The molecule has 508 valence electrons. The Balaban J connectivity index is 0.000000241. The number of nitrogens with zero attached hydrogens (tertiary/aromatic N) is 8. The van der Waals surface area contributed by atoms with Crippen molar-refractivity contribution in [1.29, 1.82) is 0 Å². The summed E-state index contributed by atoms with van der Waals surface area (Å²) in [5.41, 5.74) is -5.91. The highest BCUT2D eigenvalue weighted by molar-refractivity contribution is 5.89. The maximum atomic E-state index is 14.1. The number of likely N-dealkylation sites (tertiary alicyclic amines) is 2. The van der Waals surface area contributed by atoms with Crippen LogP contribution in [0.3, 0.4) is 0 Å². The van der Waals surface area contributed by atoms with Crippen LogP contribution in [0, 0.1) is 0 Å². The Morgan fingerprint density at radius 3 is 1.13 bits per heavy atom. The number of ether oxygens (including phenoxy) is 2. The number of carboxylic acids is 2. The van der Waals surface area contributed by atoms with E-state index >= 15 is 0 Å². The van der Waals surface area contributed by atoms with Gasteiger partial charge in [-0.2, -0.15) is 89.2 Å². The van der Waals surface area contributed by atoms with Crippen molar-refractivity contribution >= 4 is 11.9 Å². The average Bonchev–Trinajstić information content (AvgIpc) is 1.77. The molecule has 0 radical (unpaired) electrons. The zero-order chi connectivity index (χ0) is 68.3. The summed E-state index contributed by atoms with van der Waals surface area (Å²) in [6, 6.07) is 26.9. The smallest absolute Gasteiger partial charge is 0.434 e. The number of alkyl halides is 18. The Kier molecular flexibility index (Phi) is 21.4. The predicted molar refractivity (Wildman–Crippen MR) is 305 cm³/mol. The molecular weight excluding hydrogens is 1310 g/mol. The Bertz CT molecular complexity index is 3720. The van der Waals surface area contributed by atoms with Crippen molar-refractivity contribution in [2.24, 2.45) is 0 Å². The molecule has 2 atom stereocenters. The molecule has 2 saturated heterocycles.